The Morgan fingerprint density at radius 1 is 0.778 bits per heavy atom. The number of rotatable bonds is 29. The molecule has 24 nitrogen and oxygen atoms in total. The molecule has 3 aromatic heterocycles. The largest absolute Gasteiger partial charge is 0.490 e. The molecule has 5 atom stereocenters. The van der Waals surface area contributed by atoms with E-state index in [0.29, 0.717) is 141 Å². The minimum Gasteiger partial charge on any atom is -0.457 e. The van der Waals surface area contributed by atoms with Crippen molar-refractivity contribution in [1.82, 2.24) is 54.7 Å². The Balaban J connectivity index is 1.26. The molecule has 0 aromatic carbocycles. The van der Waals surface area contributed by atoms with Crippen LogP contribution in [0.5, 0.6) is 0 Å². The summed E-state index contributed by atoms with van der Waals surface area (Å²) in [5.41, 5.74) is 18.9. The van der Waals surface area contributed by atoms with E-state index in [0.717, 1.165) is 19.3 Å². The number of hydrogen-bond donors (Lipinski definition) is 4. The first-order chi connectivity index (χ1) is 34.5. The lowest BCUT2D eigenvalue weighted by molar-refractivity contribution is -0.200. The Kier molecular flexibility index (Phi) is 22.6. The van der Waals surface area contributed by atoms with E-state index in [2.05, 4.69) is 50.4 Å². The van der Waals surface area contributed by atoms with Gasteiger partial charge in [0.05, 0.1) is 63.2 Å². The zero-order valence-corrected chi connectivity index (χ0v) is 41.8. The predicted octanol–water partition coefficient (Wildman–Crippen LogP) is 1.26. The summed E-state index contributed by atoms with van der Waals surface area (Å²) >= 11 is 0. The summed E-state index contributed by atoms with van der Waals surface area (Å²) in [5.74, 6) is 1.03. The van der Waals surface area contributed by atoms with Gasteiger partial charge in [0.1, 0.15) is 31.0 Å². The van der Waals surface area contributed by atoms with Crippen molar-refractivity contribution in [2.45, 2.75) is 90.1 Å². The number of carbonyl (C=O) groups is 3. The second-order valence-electron chi connectivity index (χ2n) is 18.1. The standard InChI is InChI=1S/C45H72F3N17O7/c1-6-21-69-23-25-71-26-24-70-22-12-52-42-53-43(62-17-13-60(14-18-62)39(66)37(10-8-9-11-49)64-28-35(56-58-64)33(50)27-31(3)4)55-44(54-42)63-19-15-61(16-20-63)40(67)38(32(5)7-2)65-29-36(57-59-65)34(51)30-72-41(68)45(46,47)48/h1,28-29,31-34,37-38H,7-27,30,49-51H2,2-5H3,(H,52,53,54,55)/t32-,33?,34?,37-,38?/m0/s1. The smallest absolute Gasteiger partial charge is 0.457 e. The number of carbonyl (C=O) groups excluding carboxylic acids is 3. The first kappa shape index (κ1) is 57.1. The third-order valence-corrected chi connectivity index (χ3v) is 12.2. The number of anilines is 3. The van der Waals surface area contributed by atoms with Crippen LogP contribution in [0.1, 0.15) is 95.4 Å². The molecule has 0 radical (unpaired) electrons. The van der Waals surface area contributed by atoms with Crippen molar-refractivity contribution in [3.63, 3.8) is 0 Å². The molecule has 400 valence electrons. The Bertz CT molecular complexity index is 2180. The second kappa shape index (κ2) is 28.5. The van der Waals surface area contributed by atoms with Crippen molar-refractivity contribution in [3.05, 3.63) is 23.8 Å². The van der Waals surface area contributed by atoms with E-state index in [1.54, 1.807) is 15.8 Å². The Morgan fingerprint density at radius 2 is 1.33 bits per heavy atom. The van der Waals surface area contributed by atoms with Crippen LogP contribution in [-0.2, 0) is 33.3 Å². The van der Waals surface area contributed by atoms with E-state index < -0.39 is 36.9 Å². The number of aromatic nitrogens is 9. The molecule has 5 heterocycles. The van der Waals surface area contributed by atoms with Gasteiger partial charge < -0.3 is 61.1 Å². The van der Waals surface area contributed by atoms with Crippen molar-refractivity contribution >= 4 is 35.6 Å². The molecule has 2 aliphatic heterocycles. The average Bonchev–Trinajstić information content (AvgIpc) is 4.07. The van der Waals surface area contributed by atoms with Crippen molar-refractivity contribution in [2.24, 2.45) is 29.0 Å². The van der Waals surface area contributed by atoms with Crippen LogP contribution in [0, 0.1) is 24.2 Å². The van der Waals surface area contributed by atoms with Gasteiger partial charge in [-0.25, -0.2) is 14.2 Å². The Labute approximate surface area is 418 Å². The molecule has 2 saturated heterocycles. The number of hydrogen-bond acceptors (Lipinski definition) is 20. The minimum absolute atomic E-state index is 0.0591. The molecule has 2 amide bonds. The molecule has 72 heavy (non-hydrogen) atoms. The van der Waals surface area contributed by atoms with Gasteiger partial charge in [0, 0.05) is 58.9 Å². The lowest BCUT2D eigenvalue weighted by atomic mass is 9.97. The van der Waals surface area contributed by atoms with Crippen molar-refractivity contribution in [2.75, 3.05) is 127 Å². The third-order valence-electron chi connectivity index (χ3n) is 12.2. The highest BCUT2D eigenvalue weighted by atomic mass is 19.4. The van der Waals surface area contributed by atoms with Crippen LogP contribution in [0.3, 0.4) is 0 Å². The molecule has 2 fully saturated rings. The molecule has 5 rings (SSSR count). The molecular weight excluding hydrogens is 948 g/mol. The van der Waals surface area contributed by atoms with Gasteiger partial charge in [-0.15, -0.1) is 16.6 Å². The number of nitrogens with zero attached hydrogens (tertiary/aromatic N) is 13. The van der Waals surface area contributed by atoms with E-state index in [4.69, 9.17) is 52.8 Å². The van der Waals surface area contributed by atoms with E-state index in [1.165, 1.54) is 10.9 Å². The molecule has 3 aromatic rings. The molecular formula is C45H72F3N17O7. The maximum atomic E-state index is 14.2. The van der Waals surface area contributed by atoms with Gasteiger partial charge in [0.25, 0.3) is 0 Å². The van der Waals surface area contributed by atoms with Crippen LogP contribution in [0.25, 0.3) is 0 Å². The SMILES string of the molecule is C#CCOCCOCCOCCNc1nc(N2CCN(C(=O)C([C@@H](C)CC)n3cc(C(N)COC(=O)C(F)(F)F)nn3)CC2)nc(N2CCN(C(=O)[C@H](CCCCN)n3cc(C(N)CC(C)C)nn3)CC2)n1. The van der Waals surface area contributed by atoms with Crippen LogP contribution in [0.4, 0.5) is 31.0 Å². The van der Waals surface area contributed by atoms with Crippen LogP contribution in [0.2, 0.25) is 0 Å². The number of esters is 1. The molecule has 2 aliphatic rings. The third kappa shape index (κ3) is 16.9. The monoisotopic (exact) mass is 1020 g/mol. The summed E-state index contributed by atoms with van der Waals surface area (Å²) in [6.45, 7) is 13.2. The quantitative estimate of drug-likeness (QED) is 0.0432. The fourth-order valence-corrected chi connectivity index (χ4v) is 8.03. The zero-order chi connectivity index (χ0) is 52.2. The van der Waals surface area contributed by atoms with Gasteiger partial charge in [-0.3, -0.25) is 9.59 Å². The maximum absolute atomic E-state index is 14.2. The number of halogens is 3. The number of nitrogens with one attached hydrogen (secondary N) is 1. The van der Waals surface area contributed by atoms with Crippen molar-refractivity contribution in [3.8, 4) is 12.3 Å². The first-order valence-corrected chi connectivity index (χ1v) is 24.6. The number of nitrogens with two attached hydrogens (primary N) is 3. The lowest BCUT2D eigenvalue weighted by Crippen LogP contribution is -2.52. The number of ether oxygens (including phenoxy) is 4. The van der Waals surface area contributed by atoms with E-state index in [9.17, 15) is 27.6 Å². The number of alkyl halides is 3. The van der Waals surface area contributed by atoms with E-state index >= 15 is 0 Å². The van der Waals surface area contributed by atoms with E-state index in [1.807, 2.05) is 28.5 Å². The maximum Gasteiger partial charge on any atom is 0.490 e. The van der Waals surface area contributed by atoms with Crippen LogP contribution in [-0.4, -0.2) is 190 Å². The molecule has 7 N–H and O–H groups in total. The minimum atomic E-state index is -5.17. The summed E-state index contributed by atoms with van der Waals surface area (Å²) in [6.07, 6.45) is 6.60. The number of unbranched alkanes of at least 4 members (excludes halogenated alkanes) is 1. The normalized spacial score (nSPS) is 16.6. The van der Waals surface area contributed by atoms with Crippen LogP contribution < -0.4 is 32.3 Å². The number of piperazine rings is 2. The van der Waals surface area contributed by atoms with E-state index in [-0.39, 0.29) is 36.1 Å². The summed E-state index contributed by atoms with van der Waals surface area (Å²) in [6, 6.07) is -2.87. The first-order valence-electron chi connectivity index (χ1n) is 24.6. The highest BCUT2D eigenvalue weighted by molar-refractivity contribution is 5.81. The van der Waals surface area contributed by atoms with Gasteiger partial charge in [-0.2, -0.15) is 28.1 Å². The fraction of sp³-hybridized carbons (Fsp3) is 0.733. The molecule has 27 heteroatoms. The number of terminal acetylenes is 1. The average molecular weight is 1020 g/mol. The summed E-state index contributed by atoms with van der Waals surface area (Å²) in [5, 5.41) is 20.1. The van der Waals surface area contributed by atoms with Crippen molar-refractivity contribution < 1.29 is 46.5 Å². The molecule has 3 unspecified atom stereocenters. The predicted molar refractivity (Wildman–Crippen MR) is 258 cm³/mol. The van der Waals surface area contributed by atoms with Crippen molar-refractivity contribution in [1.29, 1.82) is 0 Å². The van der Waals surface area contributed by atoms with Gasteiger partial charge in [-0.1, -0.05) is 50.5 Å². The fourth-order valence-electron chi connectivity index (χ4n) is 8.03. The molecule has 0 spiro atoms. The van der Waals surface area contributed by atoms with Gasteiger partial charge in [0.15, 0.2) is 0 Å². The topological polar surface area (TPSA) is 291 Å². The molecule has 0 bridgehead atoms. The highest BCUT2D eigenvalue weighted by Crippen LogP contribution is 2.28. The molecule has 0 saturated carbocycles. The van der Waals surface area contributed by atoms with Crippen LogP contribution in [0.15, 0.2) is 12.4 Å². The summed E-state index contributed by atoms with van der Waals surface area (Å²) < 4.78 is 61.9. The summed E-state index contributed by atoms with van der Waals surface area (Å²) in [4.78, 5) is 61.7. The van der Waals surface area contributed by atoms with Crippen LogP contribution >= 0.6 is 0 Å². The Hall–Kier alpha value is -5.79. The molecule has 0 aliphatic carbocycles. The summed E-state index contributed by atoms with van der Waals surface area (Å²) in [7, 11) is 0. The van der Waals surface area contributed by atoms with Gasteiger partial charge in [0.2, 0.25) is 29.7 Å². The van der Waals surface area contributed by atoms with Gasteiger partial charge in [-0.05, 0) is 44.1 Å². The van der Waals surface area contributed by atoms with Gasteiger partial charge >= 0.3 is 12.1 Å². The highest BCUT2D eigenvalue weighted by Gasteiger charge is 2.41. The second-order valence-corrected chi connectivity index (χ2v) is 18.1. The number of amides is 2. The Morgan fingerprint density at radius 3 is 1.90 bits per heavy atom. The zero-order valence-electron chi connectivity index (χ0n) is 41.8. The lowest BCUT2D eigenvalue weighted by Gasteiger charge is -2.38.